The fourth-order valence-corrected chi connectivity index (χ4v) is 3.71. The van der Waals surface area contributed by atoms with Crippen LogP contribution in [-0.2, 0) is 22.5 Å². The van der Waals surface area contributed by atoms with E-state index in [2.05, 4.69) is 4.90 Å². The molecule has 0 N–H and O–H groups in total. The maximum atomic E-state index is 12.1. The van der Waals surface area contributed by atoms with Crippen molar-refractivity contribution in [2.45, 2.75) is 25.4 Å². The minimum atomic E-state index is -0.416. The zero-order chi connectivity index (χ0) is 21.0. The Labute approximate surface area is 169 Å². The molecule has 1 aliphatic heterocycles. The summed E-state index contributed by atoms with van der Waals surface area (Å²) in [5.41, 5.74) is 3.10. The number of non-ortho nitro benzene ring substituents is 1. The number of carbonyl (C=O) groups is 1. The molecule has 1 heterocycles. The van der Waals surface area contributed by atoms with Crippen LogP contribution in [0.4, 0.5) is 5.69 Å². The van der Waals surface area contributed by atoms with Gasteiger partial charge in [-0.15, -0.1) is 0 Å². The smallest absolute Gasteiger partial charge is 0.307 e. The Morgan fingerprint density at radius 2 is 1.79 bits per heavy atom. The van der Waals surface area contributed by atoms with Gasteiger partial charge in [-0.25, -0.2) is 0 Å². The number of ether oxygens (including phenoxy) is 3. The number of nitro benzene ring substituents is 1. The van der Waals surface area contributed by atoms with Gasteiger partial charge in [-0.3, -0.25) is 19.8 Å². The average Bonchev–Trinajstić information content (AvgIpc) is 2.74. The molecule has 8 heteroatoms. The van der Waals surface area contributed by atoms with Gasteiger partial charge in [-0.2, -0.15) is 0 Å². The molecule has 0 fully saturated rings. The molecule has 8 nitrogen and oxygen atoms in total. The van der Waals surface area contributed by atoms with Crippen LogP contribution in [0.15, 0.2) is 36.4 Å². The minimum absolute atomic E-state index is 0.0562. The Hall–Kier alpha value is -3.13. The van der Waals surface area contributed by atoms with Crippen molar-refractivity contribution in [2.75, 3.05) is 27.9 Å². The average molecular weight is 400 g/mol. The summed E-state index contributed by atoms with van der Waals surface area (Å²) in [6.07, 6.45) is 0.992. The molecule has 0 bridgehead atoms. The Balaban J connectivity index is 1.93. The second-order valence-electron chi connectivity index (χ2n) is 6.85. The summed E-state index contributed by atoms with van der Waals surface area (Å²) < 4.78 is 15.8. The van der Waals surface area contributed by atoms with Gasteiger partial charge >= 0.3 is 5.97 Å². The van der Waals surface area contributed by atoms with Gasteiger partial charge in [0.1, 0.15) is 0 Å². The van der Waals surface area contributed by atoms with Crippen LogP contribution in [0, 0.1) is 10.1 Å². The van der Waals surface area contributed by atoms with E-state index in [0.717, 1.165) is 29.7 Å². The van der Waals surface area contributed by atoms with Crippen molar-refractivity contribution < 1.29 is 23.9 Å². The van der Waals surface area contributed by atoms with Crippen molar-refractivity contribution in [2.24, 2.45) is 0 Å². The molecule has 0 spiro atoms. The van der Waals surface area contributed by atoms with Gasteiger partial charge in [-0.05, 0) is 35.2 Å². The molecular formula is C21H24N2O6. The third kappa shape index (κ3) is 4.48. The van der Waals surface area contributed by atoms with E-state index in [0.29, 0.717) is 18.0 Å². The zero-order valence-electron chi connectivity index (χ0n) is 16.7. The number of carbonyl (C=O) groups excluding carboxylic acids is 1. The lowest BCUT2D eigenvalue weighted by atomic mass is 9.89. The highest BCUT2D eigenvalue weighted by Crippen LogP contribution is 2.40. The number of benzene rings is 2. The number of fused-ring (bicyclic) bond motifs is 1. The molecule has 0 aliphatic carbocycles. The molecule has 0 unspecified atom stereocenters. The fraction of sp³-hybridized carbons (Fsp3) is 0.381. The van der Waals surface area contributed by atoms with E-state index < -0.39 is 4.92 Å². The number of nitrogens with zero attached hydrogens (tertiary/aromatic N) is 2. The summed E-state index contributed by atoms with van der Waals surface area (Å²) in [7, 11) is 4.55. The van der Waals surface area contributed by atoms with Gasteiger partial charge in [0.25, 0.3) is 5.69 Å². The van der Waals surface area contributed by atoms with Crippen LogP contribution in [0.1, 0.15) is 29.2 Å². The van der Waals surface area contributed by atoms with E-state index in [1.165, 1.54) is 19.2 Å². The highest BCUT2D eigenvalue weighted by Gasteiger charge is 2.31. The lowest BCUT2D eigenvalue weighted by Gasteiger charge is -2.37. The summed E-state index contributed by atoms with van der Waals surface area (Å²) in [6, 6.07) is 10.2. The molecule has 0 amide bonds. The van der Waals surface area contributed by atoms with Crippen LogP contribution < -0.4 is 9.47 Å². The van der Waals surface area contributed by atoms with Gasteiger partial charge in [0.05, 0.1) is 32.7 Å². The van der Waals surface area contributed by atoms with Crippen molar-refractivity contribution >= 4 is 11.7 Å². The molecule has 0 aromatic heterocycles. The second-order valence-corrected chi connectivity index (χ2v) is 6.85. The van der Waals surface area contributed by atoms with Crippen molar-refractivity contribution in [3.05, 3.63) is 63.2 Å². The molecule has 0 saturated heterocycles. The standard InChI is InChI=1S/C21H24N2O6/c1-27-19-10-15-8-9-22(13-14-4-6-16(7-5-14)23(25)26)18(12-21(24)29-3)17(15)11-20(19)28-2/h4-7,10-11,18H,8-9,12-13H2,1-3H3/t18-/m1/s1. The first-order valence-electron chi connectivity index (χ1n) is 9.25. The Bertz CT molecular complexity index is 897. The van der Waals surface area contributed by atoms with E-state index in [9.17, 15) is 14.9 Å². The maximum Gasteiger partial charge on any atom is 0.307 e. The van der Waals surface area contributed by atoms with E-state index >= 15 is 0 Å². The van der Waals surface area contributed by atoms with Crippen molar-refractivity contribution in [1.29, 1.82) is 0 Å². The maximum absolute atomic E-state index is 12.1. The molecule has 154 valence electrons. The zero-order valence-corrected chi connectivity index (χ0v) is 16.7. The van der Waals surface area contributed by atoms with Crippen molar-refractivity contribution in [3.8, 4) is 11.5 Å². The normalized spacial score (nSPS) is 16.0. The van der Waals surface area contributed by atoms with E-state index in [4.69, 9.17) is 14.2 Å². The summed E-state index contributed by atoms with van der Waals surface area (Å²) >= 11 is 0. The van der Waals surface area contributed by atoms with Crippen LogP contribution in [0.2, 0.25) is 0 Å². The lowest BCUT2D eigenvalue weighted by molar-refractivity contribution is -0.384. The summed E-state index contributed by atoms with van der Waals surface area (Å²) in [4.78, 5) is 24.8. The van der Waals surface area contributed by atoms with E-state index in [1.54, 1.807) is 26.4 Å². The number of methoxy groups -OCH3 is 3. The van der Waals surface area contributed by atoms with Gasteiger partial charge in [0.15, 0.2) is 11.5 Å². The number of rotatable bonds is 7. The third-order valence-corrected chi connectivity index (χ3v) is 5.23. The largest absolute Gasteiger partial charge is 0.493 e. The predicted octanol–water partition coefficient (Wildman–Crippen LogP) is 3.27. The second kappa shape index (κ2) is 8.91. The van der Waals surface area contributed by atoms with E-state index in [-0.39, 0.29) is 24.1 Å². The number of hydrogen-bond acceptors (Lipinski definition) is 7. The van der Waals surface area contributed by atoms with Crippen LogP contribution in [0.3, 0.4) is 0 Å². The van der Waals surface area contributed by atoms with E-state index in [1.807, 2.05) is 12.1 Å². The van der Waals surface area contributed by atoms with Gasteiger partial charge in [0.2, 0.25) is 0 Å². The monoisotopic (exact) mass is 400 g/mol. The fourth-order valence-electron chi connectivity index (χ4n) is 3.71. The summed E-state index contributed by atoms with van der Waals surface area (Å²) in [5.74, 6) is 0.969. The van der Waals surface area contributed by atoms with Gasteiger partial charge in [0, 0.05) is 31.3 Å². The third-order valence-electron chi connectivity index (χ3n) is 5.23. The summed E-state index contributed by atoms with van der Waals surface area (Å²) in [5, 5.41) is 10.9. The van der Waals surface area contributed by atoms with Gasteiger partial charge in [-0.1, -0.05) is 12.1 Å². The quantitative estimate of drug-likeness (QED) is 0.400. The topological polar surface area (TPSA) is 91.1 Å². The number of esters is 1. The first kappa shape index (κ1) is 20.6. The molecule has 2 aromatic rings. The number of nitro groups is 1. The summed E-state index contributed by atoms with van der Waals surface area (Å²) in [6.45, 7) is 1.30. The highest BCUT2D eigenvalue weighted by atomic mass is 16.6. The predicted molar refractivity (Wildman–Crippen MR) is 106 cm³/mol. The molecular weight excluding hydrogens is 376 g/mol. The molecule has 0 saturated carbocycles. The van der Waals surface area contributed by atoms with Crippen molar-refractivity contribution in [1.82, 2.24) is 4.90 Å². The molecule has 1 aliphatic rings. The highest BCUT2D eigenvalue weighted by molar-refractivity contribution is 5.70. The van der Waals surface area contributed by atoms with Crippen LogP contribution in [0.5, 0.6) is 11.5 Å². The van der Waals surface area contributed by atoms with Crippen molar-refractivity contribution in [3.63, 3.8) is 0 Å². The Morgan fingerprint density at radius 1 is 1.14 bits per heavy atom. The first-order chi connectivity index (χ1) is 14.0. The molecule has 2 aromatic carbocycles. The first-order valence-corrected chi connectivity index (χ1v) is 9.25. The number of hydrogen-bond donors (Lipinski definition) is 0. The van der Waals surface area contributed by atoms with Crippen LogP contribution in [-0.4, -0.2) is 43.7 Å². The molecule has 0 radical (unpaired) electrons. The minimum Gasteiger partial charge on any atom is -0.493 e. The molecule has 1 atom stereocenters. The Morgan fingerprint density at radius 3 is 2.38 bits per heavy atom. The lowest BCUT2D eigenvalue weighted by Crippen LogP contribution is -2.36. The molecule has 3 rings (SSSR count). The van der Waals surface area contributed by atoms with Crippen LogP contribution >= 0.6 is 0 Å². The SMILES string of the molecule is COC(=O)C[C@@H]1c2cc(OC)c(OC)cc2CCN1Cc1ccc([N+](=O)[O-])cc1. The Kier molecular flexibility index (Phi) is 6.33. The van der Waals surface area contributed by atoms with Crippen LogP contribution in [0.25, 0.3) is 0 Å². The molecule has 29 heavy (non-hydrogen) atoms. The van der Waals surface area contributed by atoms with Gasteiger partial charge < -0.3 is 14.2 Å².